The minimum Gasteiger partial charge on any atom is -0.350 e. The Hall–Kier alpha value is -2.81. The third kappa shape index (κ3) is 6.63. The van der Waals surface area contributed by atoms with Crippen molar-refractivity contribution in [3.8, 4) is 11.4 Å². The third-order valence-electron chi connectivity index (χ3n) is 3.48. The predicted molar refractivity (Wildman–Crippen MR) is 110 cm³/mol. The molecule has 0 atom stereocenters. The SMILES string of the molecule is CC(C)(C)Nc1nc(Nc2cccc(SC(F)(F)F)c2)cc(-c2ccccn2)n1. The second-order valence-electron chi connectivity index (χ2n) is 7.25. The summed E-state index contributed by atoms with van der Waals surface area (Å²) in [5, 5.41) is 6.28. The topological polar surface area (TPSA) is 62.7 Å². The van der Waals surface area contributed by atoms with Crippen molar-refractivity contribution >= 4 is 29.2 Å². The highest BCUT2D eigenvalue weighted by atomic mass is 32.2. The number of nitrogens with one attached hydrogen (secondary N) is 2. The summed E-state index contributed by atoms with van der Waals surface area (Å²) in [5.74, 6) is 0.838. The maximum Gasteiger partial charge on any atom is 0.446 e. The number of anilines is 3. The third-order valence-corrected chi connectivity index (χ3v) is 4.20. The molecule has 0 fully saturated rings. The Kier molecular flexibility index (Phi) is 5.97. The molecule has 3 rings (SSSR count). The van der Waals surface area contributed by atoms with E-state index < -0.39 is 5.51 Å². The van der Waals surface area contributed by atoms with Crippen molar-refractivity contribution in [1.82, 2.24) is 15.0 Å². The van der Waals surface area contributed by atoms with Crippen molar-refractivity contribution in [2.75, 3.05) is 10.6 Å². The summed E-state index contributed by atoms with van der Waals surface area (Å²) in [5.41, 5.74) is -2.87. The molecule has 0 radical (unpaired) electrons. The molecule has 0 bridgehead atoms. The molecule has 0 aliphatic carbocycles. The van der Waals surface area contributed by atoms with Crippen LogP contribution in [0.15, 0.2) is 59.6 Å². The van der Waals surface area contributed by atoms with Crippen LogP contribution < -0.4 is 10.6 Å². The van der Waals surface area contributed by atoms with Crippen molar-refractivity contribution < 1.29 is 13.2 Å². The van der Waals surface area contributed by atoms with Crippen LogP contribution in [0.3, 0.4) is 0 Å². The molecule has 0 unspecified atom stereocenters. The van der Waals surface area contributed by atoms with E-state index in [0.29, 0.717) is 28.8 Å². The molecule has 5 nitrogen and oxygen atoms in total. The van der Waals surface area contributed by atoms with Crippen molar-refractivity contribution in [3.05, 3.63) is 54.7 Å². The molecular formula is C20H20F3N5S. The van der Waals surface area contributed by atoms with Gasteiger partial charge in [0.15, 0.2) is 0 Å². The summed E-state index contributed by atoms with van der Waals surface area (Å²) in [6.45, 7) is 5.94. The number of halogens is 3. The van der Waals surface area contributed by atoms with Gasteiger partial charge < -0.3 is 10.6 Å². The average Bonchev–Trinajstić information content (AvgIpc) is 2.59. The summed E-state index contributed by atoms with van der Waals surface area (Å²) < 4.78 is 38.0. The number of hydrogen-bond donors (Lipinski definition) is 2. The van der Waals surface area contributed by atoms with Gasteiger partial charge in [0.25, 0.3) is 0 Å². The van der Waals surface area contributed by atoms with Crippen molar-refractivity contribution in [3.63, 3.8) is 0 Å². The minimum absolute atomic E-state index is 0.0922. The molecule has 2 N–H and O–H groups in total. The lowest BCUT2D eigenvalue weighted by atomic mass is 10.1. The van der Waals surface area contributed by atoms with E-state index in [1.165, 1.54) is 12.1 Å². The normalized spacial score (nSPS) is 11.9. The fourth-order valence-electron chi connectivity index (χ4n) is 2.47. The summed E-state index contributed by atoms with van der Waals surface area (Å²) >= 11 is -0.159. The van der Waals surface area contributed by atoms with E-state index in [0.717, 1.165) is 0 Å². The van der Waals surface area contributed by atoms with Crippen LogP contribution in [-0.4, -0.2) is 26.0 Å². The largest absolute Gasteiger partial charge is 0.446 e. The van der Waals surface area contributed by atoms with E-state index in [1.807, 2.05) is 39.0 Å². The van der Waals surface area contributed by atoms with Crippen molar-refractivity contribution in [1.29, 1.82) is 0 Å². The zero-order chi connectivity index (χ0) is 21.1. The lowest BCUT2D eigenvalue weighted by Crippen LogP contribution is -2.27. The summed E-state index contributed by atoms with van der Waals surface area (Å²) in [6.07, 6.45) is 1.67. The second-order valence-corrected chi connectivity index (χ2v) is 8.39. The molecule has 0 spiro atoms. The van der Waals surface area contributed by atoms with Gasteiger partial charge in [-0.05, 0) is 62.9 Å². The Bertz CT molecular complexity index is 972. The number of benzene rings is 1. The number of thioether (sulfide) groups is 1. The van der Waals surface area contributed by atoms with E-state index in [1.54, 1.807) is 24.4 Å². The molecule has 0 aliphatic rings. The molecule has 2 heterocycles. The number of nitrogens with zero attached hydrogens (tertiary/aromatic N) is 3. The standard InChI is InChI=1S/C20H20F3N5S/c1-19(2,3)28-18-26-16(15-9-4-5-10-24-15)12-17(27-18)25-13-7-6-8-14(11-13)29-20(21,22)23/h4-12H,1-3H3,(H2,25,26,27,28). The Morgan fingerprint density at radius 1 is 0.897 bits per heavy atom. The van der Waals surface area contributed by atoms with E-state index >= 15 is 0 Å². The van der Waals surface area contributed by atoms with Gasteiger partial charge in [0.05, 0.1) is 11.4 Å². The molecule has 152 valence electrons. The Morgan fingerprint density at radius 3 is 2.34 bits per heavy atom. The first-order chi connectivity index (χ1) is 13.6. The second kappa shape index (κ2) is 8.28. The molecule has 0 aliphatic heterocycles. The lowest BCUT2D eigenvalue weighted by Gasteiger charge is -2.21. The number of hydrogen-bond acceptors (Lipinski definition) is 6. The summed E-state index contributed by atoms with van der Waals surface area (Å²) in [4.78, 5) is 13.4. The first-order valence-electron chi connectivity index (χ1n) is 8.79. The molecule has 0 saturated carbocycles. The first kappa shape index (κ1) is 20.9. The quantitative estimate of drug-likeness (QED) is 0.487. The van der Waals surface area contributed by atoms with Gasteiger partial charge >= 0.3 is 5.51 Å². The maximum absolute atomic E-state index is 12.7. The molecule has 29 heavy (non-hydrogen) atoms. The van der Waals surface area contributed by atoms with E-state index in [4.69, 9.17) is 0 Å². The van der Waals surface area contributed by atoms with Crippen LogP contribution in [0.5, 0.6) is 0 Å². The first-order valence-corrected chi connectivity index (χ1v) is 9.61. The number of pyridine rings is 1. The number of rotatable bonds is 5. The zero-order valence-electron chi connectivity index (χ0n) is 16.1. The van der Waals surface area contributed by atoms with Gasteiger partial charge in [-0.2, -0.15) is 18.2 Å². The van der Waals surface area contributed by atoms with Gasteiger partial charge in [-0.25, -0.2) is 4.98 Å². The Morgan fingerprint density at radius 2 is 1.69 bits per heavy atom. The average molecular weight is 419 g/mol. The van der Waals surface area contributed by atoms with Gasteiger partial charge in [0.1, 0.15) is 5.82 Å². The van der Waals surface area contributed by atoms with Gasteiger partial charge in [-0.3, -0.25) is 4.98 Å². The molecule has 0 saturated heterocycles. The number of aromatic nitrogens is 3. The number of alkyl halides is 3. The lowest BCUT2D eigenvalue weighted by molar-refractivity contribution is -0.0328. The highest BCUT2D eigenvalue weighted by Crippen LogP contribution is 2.38. The van der Waals surface area contributed by atoms with Crippen LogP contribution in [0.2, 0.25) is 0 Å². The molecular weight excluding hydrogens is 399 g/mol. The molecule has 2 aromatic heterocycles. The summed E-state index contributed by atoms with van der Waals surface area (Å²) in [7, 11) is 0. The van der Waals surface area contributed by atoms with Gasteiger partial charge in [0, 0.05) is 28.4 Å². The minimum atomic E-state index is -4.34. The Labute approximate surface area is 171 Å². The molecule has 1 aromatic carbocycles. The molecule has 0 amide bonds. The van der Waals surface area contributed by atoms with E-state index in [2.05, 4.69) is 25.6 Å². The molecule has 9 heteroatoms. The smallest absolute Gasteiger partial charge is 0.350 e. The van der Waals surface area contributed by atoms with E-state index in [-0.39, 0.29) is 22.2 Å². The van der Waals surface area contributed by atoms with E-state index in [9.17, 15) is 13.2 Å². The Balaban J connectivity index is 1.94. The van der Waals surface area contributed by atoms with Gasteiger partial charge in [-0.1, -0.05) is 12.1 Å². The van der Waals surface area contributed by atoms with Crippen LogP contribution in [0, 0.1) is 0 Å². The monoisotopic (exact) mass is 419 g/mol. The van der Waals surface area contributed by atoms with Crippen molar-refractivity contribution in [2.24, 2.45) is 0 Å². The zero-order valence-corrected chi connectivity index (χ0v) is 16.9. The summed E-state index contributed by atoms with van der Waals surface area (Å²) in [6, 6.07) is 13.3. The van der Waals surface area contributed by atoms with Crippen LogP contribution >= 0.6 is 11.8 Å². The highest BCUT2D eigenvalue weighted by Gasteiger charge is 2.29. The maximum atomic E-state index is 12.7. The fraction of sp³-hybridized carbons (Fsp3) is 0.250. The van der Waals surface area contributed by atoms with Crippen LogP contribution in [0.4, 0.5) is 30.6 Å². The molecule has 3 aromatic rings. The predicted octanol–water partition coefficient (Wildman–Crippen LogP) is 6.10. The van der Waals surface area contributed by atoms with Crippen LogP contribution in [0.1, 0.15) is 20.8 Å². The van der Waals surface area contributed by atoms with Crippen LogP contribution in [0.25, 0.3) is 11.4 Å². The van der Waals surface area contributed by atoms with Crippen molar-refractivity contribution in [2.45, 2.75) is 36.7 Å². The highest BCUT2D eigenvalue weighted by molar-refractivity contribution is 8.00. The van der Waals surface area contributed by atoms with Gasteiger partial charge in [0.2, 0.25) is 5.95 Å². The fourth-order valence-corrected chi connectivity index (χ4v) is 3.07. The van der Waals surface area contributed by atoms with Gasteiger partial charge in [-0.15, -0.1) is 0 Å². The van der Waals surface area contributed by atoms with Crippen LogP contribution in [-0.2, 0) is 0 Å².